The molecule has 2 heterocycles. The molecule has 0 spiro atoms. The van der Waals surface area contributed by atoms with Crippen LogP contribution in [0.2, 0.25) is 0 Å². The van der Waals surface area contributed by atoms with E-state index in [4.69, 9.17) is 0 Å². The fraction of sp³-hybridized carbons (Fsp3) is 0.333. The van der Waals surface area contributed by atoms with Gasteiger partial charge in [-0.15, -0.1) is 0 Å². The van der Waals surface area contributed by atoms with Gasteiger partial charge in [0.1, 0.15) is 11.6 Å². The lowest BCUT2D eigenvalue weighted by molar-refractivity contribution is 0.0945. The molecule has 5 heteroatoms. The Hall–Kier alpha value is -2.43. The fourth-order valence-corrected chi connectivity index (χ4v) is 2.85. The second kappa shape index (κ2) is 7.22. The predicted molar refractivity (Wildman–Crippen MR) is 87.9 cm³/mol. The Morgan fingerprint density at radius 3 is 2.57 bits per heavy atom. The lowest BCUT2D eigenvalue weighted by Crippen LogP contribution is -2.39. The third-order valence-electron chi connectivity index (χ3n) is 4.25. The van der Waals surface area contributed by atoms with Crippen molar-refractivity contribution in [1.82, 2.24) is 10.3 Å². The first-order valence-corrected chi connectivity index (χ1v) is 7.92. The third-order valence-corrected chi connectivity index (χ3v) is 4.25. The van der Waals surface area contributed by atoms with E-state index < -0.39 is 0 Å². The van der Waals surface area contributed by atoms with Crippen LogP contribution in [0.5, 0.6) is 0 Å². The van der Waals surface area contributed by atoms with Crippen LogP contribution in [-0.2, 0) is 0 Å². The topological polar surface area (TPSA) is 45.2 Å². The molecule has 1 amide bonds. The summed E-state index contributed by atoms with van der Waals surface area (Å²) >= 11 is 0. The maximum absolute atomic E-state index is 12.9. The lowest BCUT2D eigenvalue weighted by Gasteiger charge is -2.32. The Morgan fingerprint density at radius 1 is 1.17 bits per heavy atom. The van der Waals surface area contributed by atoms with Crippen molar-refractivity contribution in [3.05, 3.63) is 60.0 Å². The van der Waals surface area contributed by atoms with E-state index in [-0.39, 0.29) is 11.7 Å². The molecule has 1 fully saturated rings. The summed E-state index contributed by atoms with van der Waals surface area (Å²) in [6.07, 6.45) is 3.87. The van der Waals surface area contributed by atoms with Gasteiger partial charge in [0.2, 0.25) is 0 Å². The van der Waals surface area contributed by atoms with Crippen LogP contribution in [0.25, 0.3) is 0 Å². The van der Waals surface area contributed by atoms with Gasteiger partial charge in [0, 0.05) is 31.4 Å². The van der Waals surface area contributed by atoms with Crippen molar-refractivity contribution in [2.45, 2.75) is 12.8 Å². The van der Waals surface area contributed by atoms with E-state index in [2.05, 4.69) is 15.2 Å². The van der Waals surface area contributed by atoms with E-state index in [1.807, 2.05) is 24.4 Å². The first-order valence-electron chi connectivity index (χ1n) is 7.92. The molecule has 1 aliphatic rings. The van der Waals surface area contributed by atoms with Gasteiger partial charge in [-0.25, -0.2) is 9.37 Å². The zero-order valence-electron chi connectivity index (χ0n) is 12.9. The van der Waals surface area contributed by atoms with Crippen LogP contribution in [0, 0.1) is 11.7 Å². The van der Waals surface area contributed by atoms with Crippen LogP contribution >= 0.6 is 0 Å². The van der Waals surface area contributed by atoms with Crippen molar-refractivity contribution >= 4 is 11.7 Å². The molecule has 4 nitrogen and oxygen atoms in total. The Labute approximate surface area is 135 Å². The molecule has 3 rings (SSSR count). The molecule has 0 bridgehead atoms. The molecule has 0 atom stereocenters. The smallest absolute Gasteiger partial charge is 0.251 e. The van der Waals surface area contributed by atoms with E-state index in [0.29, 0.717) is 18.0 Å². The number of rotatable bonds is 4. The number of aromatic nitrogens is 1. The molecule has 1 saturated heterocycles. The van der Waals surface area contributed by atoms with Gasteiger partial charge in [0.25, 0.3) is 5.91 Å². The summed E-state index contributed by atoms with van der Waals surface area (Å²) in [5.74, 6) is 1.02. The average Bonchev–Trinajstić information content (AvgIpc) is 2.61. The van der Waals surface area contributed by atoms with E-state index in [1.165, 1.54) is 24.3 Å². The Balaban J connectivity index is 1.46. The molecule has 23 heavy (non-hydrogen) atoms. The number of carbonyl (C=O) groups excluding carboxylic acids is 1. The number of benzene rings is 1. The second-order valence-corrected chi connectivity index (χ2v) is 5.84. The summed E-state index contributed by atoms with van der Waals surface area (Å²) in [6.45, 7) is 2.56. The predicted octanol–water partition coefficient (Wildman–Crippen LogP) is 2.87. The number of amides is 1. The minimum Gasteiger partial charge on any atom is -0.357 e. The molecule has 0 unspecified atom stereocenters. The molecule has 0 aliphatic carbocycles. The number of nitrogens with zero attached hydrogens (tertiary/aromatic N) is 2. The van der Waals surface area contributed by atoms with Gasteiger partial charge in [0.05, 0.1) is 0 Å². The quantitative estimate of drug-likeness (QED) is 0.944. The standard InChI is InChI=1S/C18H20FN3O/c19-16-6-4-15(5-7-16)18(23)21-13-14-8-11-22(12-9-14)17-3-1-2-10-20-17/h1-7,10,14H,8-9,11-13H2,(H,21,23). The molecule has 0 saturated carbocycles. The van der Waals surface area contributed by atoms with Gasteiger partial charge in [-0.3, -0.25) is 4.79 Å². The number of halogens is 1. The maximum Gasteiger partial charge on any atom is 0.251 e. The van der Waals surface area contributed by atoms with Gasteiger partial charge in [-0.1, -0.05) is 6.07 Å². The van der Waals surface area contributed by atoms with Crippen molar-refractivity contribution in [2.75, 3.05) is 24.5 Å². The Bertz CT molecular complexity index is 637. The fourth-order valence-electron chi connectivity index (χ4n) is 2.85. The summed E-state index contributed by atoms with van der Waals surface area (Å²) in [5.41, 5.74) is 0.498. The molecular formula is C18H20FN3O. The first-order chi connectivity index (χ1) is 11.2. The number of nitrogens with one attached hydrogen (secondary N) is 1. The van der Waals surface area contributed by atoms with E-state index in [0.717, 1.165) is 31.7 Å². The van der Waals surface area contributed by atoms with Gasteiger partial charge in [-0.05, 0) is 55.2 Å². The highest BCUT2D eigenvalue weighted by Gasteiger charge is 2.20. The molecule has 1 aromatic heterocycles. The summed E-state index contributed by atoms with van der Waals surface area (Å²) in [5, 5.41) is 2.95. The van der Waals surface area contributed by atoms with Crippen molar-refractivity contribution in [3.63, 3.8) is 0 Å². The van der Waals surface area contributed by atoms with Gasteiger partial charge >= 0.3 is 0 Å². The van der Waals surface area contributed by atoms with Gasteiger partial charge < -0.3 is 10.2 Å². The van der Waals surface area contributed by atoms with Crippen molar-refractivity contribution < 1.29 is 9.18 Å². The van der Waals surface area contributed by atoms with Gasteiger partial charge in [-0.2, -0.15) is 0 Å². The van der Waals surface area contributed by atoms with E-state index in [1.54, 1.807) is 0 Å². The van der Waals surface area contributed by atoms with Crippen molar-refractivity contribution in [3.8, 4) is 0 Å². The molecule has 2 aromatic rings. The largest absolute Gasteiger partial charge is 0.357 e. The summed E-state index contributed by atoms with van der Waals surface area (Å²) in [7, 11) is 0. The van der Waals surface area contributed by atoms with Gasteiger partial charge in [0.15, 0.2) is 0 Å². The number of anilines is 1. The highest BCUT2D eigenvalue weighted by molar-refractivity contribution is 5.94. The Kier molecular flexibility index (Phi) is 4.86. The van der Waals surface area contributed by atoms with E-state index >= 15 is 0 Å². The number of pyridine rings is 1. The van der Waals surface area contributed by atoms with Crippen LogP contribution in [0.3, 0.4) is 0 Å². The minimum atomic E-state index is -0.330. The van der Waals surface area contributed by atoms with Crippen LogP contribution in [-0.4, -0.2) is 30.5 Å². The average molecular weight is 313 g/mol. The van der Waals surface area contributed by atoms with E-state index in [9.17, 15) is 9.18 Å². The maximum atomic E-state index is 12.9. The minimum absolute atomic E-state index is 0.142. The van der Waals surface area contributed by atoms with Crippen LogP contribution in [0.1, 0.15) is 23.2 Å². The zero-order chi connectivity index (χ0) is 16.1. The first kappa shape index (κ1) is 15.5. The molecule has 1 aromatic carbocycles. The Morgan fingerprint density at radius 2 is 1.91 bits per heavy atom. The number of hydrogen-bond acceptors (Lipinski definition) is 3. The normalized spacial score (nSPS) is 15.4. The SMILES string of the molecule is O=C(NCC1CCN(c2ccccn2)CC1)c1ccc(F)cc1. The highest BCUT2D eigenvalue weighted by Crippen LogP contribution is 2.21. The molecule has 120 valence electrons. The number of carbonyl (C=O) groups is 1. The van der Waals surface area contributed by atoms with Crippen molar-refractivity contribution in [2.24, 2.45) is 5.92 Å². The summed E-state index contributed by atoms with van der Waals surface area (Å²) in [4.78, 5) is 18.7. The molecule has 1 N–H and O–H groups in total. The van der Waals surface area contributed by atoms with Crippen LogP contribution < -0.4 is 10.2 Å². The molecule has 1 aliphatic heterocycles. The lowest BCUT2D eigenvalue weighted by atomic mass is 9.96. The molecule has 0 radical (unpaired) electrons. The zero-order valence-corrected chi connectivity index (χ0v) is 12.9. The monoisotopic (exact) mass is 313 g/mol. The number of piperidine rings is 1. The van der Waals surface area contributed by atoms with Crippen LogP contribution in [0.15, 0.2) is 48.7 Å². The summed E-state index contributed by atoms with van der Waals surface area (Å²) < 4.78 is 12.9. The second-order valence-electron chi connectivity index (χ2n) is 5.84. The highest BCUT2D eigenvalue weighted by atomic mass is 19.1. The third kappa shape index (κ3) is 4.06. The van der Waals surface area contributed by atoms with Crippen LogP contribution in [0.4, 0.5) is 10.2 Å². The summed E-state index contributed by atoms with van der Waals surface area (Å²) in [6, 6.07) is 11.6. The molecular weight excluding hydrogens is 293 g/mol. The number of hydrogen-bond donors (Lipinski definition) is 1. The van der Waals surface area contributed by atoms with Crippen molar-refractivity contribution in [1.29, 1.82) is 0 Å².